The van der Waals surface area contributed by atoms with Gasteiger partial charge in [-0.25, -0.2) is 0 Å². The van der Waals surface area contributed by atoms with Crippen molar-refractivity contribution in [3.8, 4) is 0 Å². The molecule has 6 heteroatoms. The Morgan fingerprint density at radius 3 is 0.953 bits per heavy atom. The number of carbonyl (C=O) groups excluding carboxylic acids is 3. The summed E-state index contributed by atoms with van der Waals surface area (Å²) in [6.07, 6.45) is 63.0. The second-order valence-electron chi connectivity index (χ2n) is 18.8. The predicted octanol–water partition coefficient (Wildman–Crippen LogP) is 18.5. The molecule has 0 bridgehead atoms. The molecule has 0 aliphatic carbocycles. The highest BCUT2D eigenvalue weighted by atomic mass is 16.6. The van der Waals surface area contributed by atoms with E-state index in [4.69, 9.17) is 14.2 Å². The van der Waals surface area contributed by atoms with Gasteiger partial charge in [0.1, 0.15) is 13.2 Å². The smallest absolute Gasteiger partial charge is 0.306 e. The van der Waals surface area contributed by atoms with Gasteiger partial charge in [-0.2, -0.15) is 0 Å². The Balaban J connectivity index is 4.16. The van der Waals surface area contributed by atoms with Crippen LogP contribution < -0.4 is 0 Å². The van der Waals surface area contributed by atoms with E-state index in [1.807, 2.05) is 0 Å². The molecular weight excluding hydrogens is 793 g/mol. The van der Waals surface area contributed by atoms with Gasteiger partial charge in [0.25, 0.3) is 0 Å². The van der Waals surface area contributed by atoms with Crippen LogP contribution in [0.3, 0.4) is 0 Å². The zero-order valence-corrected chi connectivity index (χ0v) is 42.8. The minimum atomic E-state index is -0.781. The highest BCUT2D eigenvalue weighted by Gasteiger charge is 2.19. The molecule has 0 aromatic rings. The summed E-state index contributed by atoms with van der Waals surface area (Å²) in [5.41, 5.74) is 0. The lowest BCUT2D eigenvalue weighted by Crippen LogP contribution is -2.30. The first-order valence-corrected chi connectivity index (χ1v) is 28.0. The topological polar surface area (TPSA) is 78.9 Å². The molecule has 0 aromatic heterocycles. The Bertz CT molecular complexity index is 1080. The molecule has 0 fully saturated rings. The normalized spacial score (nSPS) is 12.2. The van der Waals surface area contributed by atoms with Crippen LogP contribution in [0.15, 0.2) is 36.5 Å². The number of ether oxygens (including phenoxy) is 3. The van der Waals surface area contributed by atoms with Crippen LogP contribution in [0.4, 0.5) is 0 Å². The van der Waals surface area contributed by atoms with Crippen molar-refractivity contribution in [3.63, 3.8) is 0 Å². The SMILES string of the molecule is CC/C=C\C/C=C\C/C=C\CCCCCC(=O)OC(COC(=O)CCCCCCCCCCC)COC(=O)CCCCCCCCCCCCCCCCCCCCCCCCCC. The quantitative estimate of drug-likeness (QED) is 0.0262. The van der Waals surface area contributed by atoms with Gasteiger partial charge in [0.05, 0.1) is 0 Å². The second-order valence-corrected chi connectivity index (χ2v) is 18.8. The third-order valence-corrected chi connectivity index (χ3v) is 12.4. The largest absolute Gasteiger partial charge is 0.462 e. The molecule has 0 aliphatic heterocycles. The number of hydrogen-bond donors (Lipinski definition) is 0. The van der Waals surface area contributed by atoms with Crippen molar-refractivity contribution >= 4 is 17.9 Å². The Morgan fingerprint density at radius 1 is 0.328 bits per heavy atom. The number of hydrogen-bond acceptors (Lipinski definition) is 6. The van der Waals surface area contributed by atoms with Crippen molar-refractivity contribution in [2.45, 2.75) is 303 Å². The molecule has 0 saturated heterocycles. The van der Waals surface area contributed by atoms with Crippen LogP contribution in [0.1, 0.15) is 297 Å². The van der Waals surface area contributed by atoms with Gasteiger partial charge in [0, 0.05) is 19.3 Å². The molecule has 0 aliphatic rings. The van der Waals surface area contributed by atoms with E-state index in [1.54, 1.807) is 0 Å². The van der Waals surface area contributed by atoms with Crippen molar-refractivity contribution in [1.29, 1.82) is 0 Å². The minimum absolute atomic E-state index is 0.0799. The molecular formula is C58H106O6. The van der Waals surface area contributed by atoms with E-state index >= 15 is 0 Å². The van der Waals surface area contributed by atoms with Crippen LogP contribution in [-0.4, -0.2) is 37.2 Å². The summed E-state index contributed by atoms with van der Waals surface area (Å²) in [5, 5.41) is 0. The fourth-order valence-electron chi connectivity index (χ4n) is 8.22. The van der Waals surface area contributed by atoms with Crippen LogP contribution in [-0.2, 0) is 28.6 Å². The van der Waals surface area contributed by atoms with Crippen LogP contribution in [0.2, 0.25) is 0 Å². The van der Waals surface area contributed by atoms with Crippen LogP contribution >= 0.6 is 0 Å². The monoisotopic (exact) mass is 899 g/mol. The maximum absolute atomic E-state index is 12.8. The minimum Gasteiger partial charge on any atom is -0.462 e. The first-order valence-electron chi connectivity index (χ1n) is 28.0. The zero-order chi connectivity index (χ0) is 46.5. The van der Waals surface area contributed by atoms with Gasteiger partial charge in [-0.05, 0) is 51.4 Å². The summed E-state index contributed by atoms with van der Waals surface area (Å²) in [6, 6.07) is 0. The van der Waals surface area contributed by atoms with Crippen molar-refractivity contribution < 1.29 is 28.6 Å². The summed E-state index contributed by atoms with van der Waals surface area (Å²) in [4.78, 5) is 37.9. The molecule has 1 atom stereocenters. The van der Waals surface area contributed by atoms with Gasteiger partial charge >= 0.3 is 17.9 Å². The molecule has 1 unspecified atom stereocenters. The molecule has 64 heavy (non-hydrogen) atoms. The summed E-state index contributed by atoms with van der Waals surface area (Å²) >= 11 is 0. The van der Waals surface area contributed by atoms with Gasteiger partial charge in [-0.1, -0.05) is 263 Å². The first kappa shape index (κ1) is 61.6. The third kappa shape index (κ3) is 50.6. The molecule has 374 valence electrons. The van der Waals surface area contributed by atoms with Crippen LogP contribution in [0, 0.1) is 0 Å². The molecule has 6 nitrogen and oxygen atoms in total. The van der Waals surface area contributed by atoms with E-state index in [1.165, 1.54) is 173 Å². The summed E-state index contributed by atoms with van der Waals surface area (Å²) in [7, 11) is 0. The number of unbranched alkanes of at least 4 members (excludes halogenated alkanes) is 34. The van der Waals surface area contributed by atoms with E-state index in [0.717, 1.165) is 83.5 Å². The van der Waals surface area contributed by atoms with E-state index < -0.39 is 6.10 Å². The van der Waals surface area contributed by atoms with Gasteiger partial charge in [0.2, 0.25) is 0 Å². The number of esters is 3. The number of allylic oxidation sites excluding steroid dienone is 6. The van der Waals surface area contributed by atoms with Crippen molar-refractivity contribution in [1.82, 2.24) is 0 Å². The maximum atomic E-state index is 12.8. The zero-order valence-electron chi connectivity index (χ0n) is 42.8. The van der Waals surface area contributed by atoms with Crippen LogP contribution in [0.25, 0.3) is 0 Å². The maximum Gasteiger partial charge on any atom is 0.306 e. The van der Waals surface area contributed by atoms with E-state index in [-0.39, 0.29) is 31.1 Å². The van der Waals surface area contributed by atoms with Crippen molar-refractivity contribution in [3.05, 3.63) is 36.5 Å². The number of rotatable bonds is 51. The second kappa shape index (κ2) is 53.2. The Kier molecular flexibility index (Phi) is 51.3. The van der Waals surface area contributed by atoms with Gasteiger partial charge in [-0.3, -0.25) is 14.4 Å². The highest BCUT2D eigenvalue weighted by Crippen LogP contribution is 2.17. The lowest BCUT2D eigenvalue weighted by Gasteiger charge is -2.18. The molecule has 0 N–H and O–H groups in total. The van der Waals surface area contributed by atoms with Crippen LogP contribution in [0.5, 0.6) is 0 Å². The summed E-state index contributed by atoms with van der Waals surface area (Å²) in [5.74, 6) is -0.899. The van der Waals surface area contributed by atoms with Crippen molar-refractivity contribution in [2.24, 2.45) is 0 Å². The lowest BCUT2D eigenvalue weighted by atomic mass is 10.0. The predicted molar refractivity (Wildman–Crippen MR) is 275 cm³/mol. The molecule has 0 spiro atoms. The molecule has 0 saturated carbocycles. The van der Waals surface area contributed by atoms with E-state index in [0.29, 0.717) is 19.3 Å². The molecule has 0 aromatic carbocycles. The summed E-state index contributed by atoms with van der Waals surface area (Å²) in [6.45, 7) is 6.51. The Labute approximate surface area is 397 Å². The average Bonchev–Trinajstić information content (AvgIpc) is 3.29. The first-order chi connectivity index (χ1) is 31.5. The standard InChI is InChI=1S/C58H106O6/c1-4-7-10-13-16-19-21-23-24-25-26-27-28-29-30-31-32-33-35-36-39-42-45-48-51-57(60)63-54-55(53-62-56(59)50-47-44-41-38-18-15-12-9-6-3)64-58(61)52-49-46-43-40-37-34-22-20-17-14-11-8-5-2/h8,11,17,20,34,37,55H,4-7,9-10,12-16,18-19,21-33,35-36,38-54H2,1-3H3/b11-8-,20-17-,37-34-. The number of carbonyl (C=O) groups is 3. The third-order valence-electron chi connectivity index (χ3n) is 12.4. The lowest BCUT2D eigenvalue weighted by molar-refractivity contribution is -0.167. The molecule has 0 rings (SSSR count). The average molecular weight is 899 g/mol. The molecule has 0 radical (unpaired) electrons. The Hall–Kier alpha value is -2.37. The van der Waals surface area contributed by atoms with Gasteiger partial charge < -0.3 is 14.2 Å². The molecule has 0 amide bonds. The highest BCUT2D eigenvalue weighted by molar-refractivity contribution is 5.71. The van der Waals surface area contributed by atoms with E-state index in [2.05, 4.69) is 57.2 Å². The molecule has 0 heterocycles. The van der Waals surface area contributed by atoms with E-state index in [9.17, 15) is 14.4 Å². The fraction of sp³-hybridized carbons (Fsp3) is 0.845. The fourth-order valence-corrected chi connectivity index (χ4v) is 8.22. The van der Waals surface area contributed by atoms with Crippen molar-refractivity contribution in [2.75, 3.05) is 13.2 Å². The van der Waals surface area contributed by atoms with Gasteiger partial charge in [-0.15, -0.1) is 0 Å². The van der Waals surface area contributed by atoms with Gasteiger partial charge in [0.15, 0.2) is 6.10 Å². The Morgan fingerprint density at radius 2 is 0.609 bits per heavy atom. The summed E-state index contributed by atoms with van der Waals surface area (Å²) < 4.78 is 16.8.